The summed E-state index contributed by atoms with van der Waals surface area (Å²) in [5.74, 6) is -1.18. The Kier molecular flexibility index (Phi) is 4.94. The number of benzene rings is 1. The zero-order valence-corrected chi connectivity index (χ0v) is 13.4. The summed E-state index contributed by atoms with van der Waals surface area (Å²) in [6.45, 7) is 0.716. The summed E-state index contributed by atoms with van der Waals surface area (Å²) in [5.41, 5.74) is 0.649. The SMILES string of the molecule is CN(C)CCNS(=O)(=O)CCN1C(=O)c2ccccc2C1=O. The van der Waals surface area contributed by atoms with Gasteiger partial charge in [0.25, 0.3) is 11.8 Å². The van der Waals surface area contributed by atoms with Gasteiger partial charge in [0.2, 0.25) is 10.0 Å². The number of hydrogen-bond acceptors (Lipinski definition) is 5. The predicted octanol–water partition coefficient (Wildman–Crippen LogP) is -0.236. The highest BCUT2D eigenvalue weighted by Crippen LogP contribution is 2.21. The maximum absolute atomic E-state index is 12.1. The number of carbonyl (C=O) groups excluding carboxylic acids is 2. The van der Waals surface area contributed by atoms with Crippen molar-refractivity contribution in [2.45, 2.75) is 0 Å². The molecule has 0 saturated carbocycles. The number of imide groups is 1. The predicted molar refractivity (Wildman–Crippen MR) is 82.2 cm³/mol. The van der Waals surface area contributed by atoms with Crippen molar-refractivity contribution < 1.29 is 18.0 Å². The Balaban J connectivity index is 1.96. The molecule has 120 valence electrons. The summed E-state index contributed by atoms with van der Waals surface area (Å²) < 4.78 is 26.2. The lowest BCUT2D eigenvalue weighted by Gasteiger charge is -2.15. The molecule has 1 heterocycles. The molecule has 0 unspecified atom stereocenters. The fourth-order valence-electron chi connectivity index (χ4n) is 2.15. The van der Waals surface area contributed by atoms with Crippen LogP contribution >= 0.6 is 0 Å². The van der Waals surface area contributed by atoms with Gasteiger partial charge >= 0.3 is 0 Å². The molecule has 0 aromatic heterocycles. The normalized spacial score (nSPS) is 14.8. The smallest absolute Gasteiger partial charge is 0.261 e. The minimum absolute atomic E-state index is 0.149. The molecule has 0 aliphatic carbocycles. The van der Waals surface area contributed by atoms with Crippen molar-refractivity contribution in [1.29, 1.82) is 0 Å². The molecule has 1 aliphatic heterocycles. The Hall–Kier alpha value is -1.77. The summed E-state index contributed by atoms with van der Waals surface area (Å²) in [5, 5.41) is 0. The van der Waals surface area contributed by atoms with Gasteiger partial charge in [0.1, 0.15) is 0 Å². The molecule has 1 aromatic carbocycles. The van der Waals surface area contributed by atoms with Crippen molar-refractivity contribution in [3.05, 3.63) is 35.4 Å². The van der Waals surface area contributed by atoms with Gasteiger partial charge in [-0.15, -0.1) is 0 Å². The second kappa shape index (κ2) is 6.55. The van der Waals surface area contributed by atoms with E-state index in [4.69, 9.17) is 0 Å². The van der Waals surface area contributed by atoms with E-state index in [9.17, 15) is 18.0 Å². The molecule has 0 spiro atoms. The van der Waals surface area contributed by atoms with Gasteiger partial charge in [0.05, 0.1) is 16.9 Å². The fraction of sp³-hybridized carbons (Fsp3) is 0.429. The van der Waals surface area contributed by atoms with Crippen LogP contribution in [0.25, 0.3) is 0 Å². The Bertz CT molecular complexity index is 650. The minimum atomic E-state index is -3.52. The molecule has 0 atom stereocenters. The molecule has 1 aromatic rings. The van der Waals surface area contributed by atoms with Gasteiger partial charge in [-0.05, 0) is 26.2 Å². The van der Waals surface area contributed by atoms with Crippen LogP contribution in [0, 0.1) is 0 Å². The van der Waals surface area contributed by atoms with E-state index in [0.29, 0.717) is 17.7 Å². The lowest BCUT2D eigenvalue weighted by molar-refractivity contribution is 0.0664. The van der Waals surface area contributed by atoms with Crippen LogP contribution in [0.15, 0.2) is 24.3 Å². The summed E-state index contributed by atoms with van der Waals surface area (Å²) in [7, 11) is 0.159. The van der Waals surface area contributed by atoms with Crippen LogP contribution in [-0.2, 0) is 10.0 Å². The molecule has 0 radical (unpaired) electrons. The van der Waals surface area contributed by atoms with Crippen molar-refractivity contribution in [3.8, 4) is 0 Å². The number of sulfonamides is 1. The summed E-state index contributed by atoms with van der Waals surface area (Å²) in [6.07, 6.45) is 0. The third-order valence-corrected chi connectivity index (χ3v) is 4.71. The zero-order chi connectivity index (χ0) is 16.3. The molecule has 0 bridgehead atoms. The number of likely N-dealkylation sites (N-methyl/N-ethyl adjacent to an activating group) is 1. The first-order valence-electron chi connectivity index (χ1n) is 6.89. The molecule has 0 fully saturated rings. The second-order valence-electron chi connectivity index (χ2n) is 5.32. The van der Waals surface area contributed by atoms with Crippen molar-refractivity contribution in [2.75, 3.05) is 39.5 Å². The highest BCUT2D eigenvalue weighted by atomic mass is 32.2. The van der Waals surface area contributed by atoms with E-state index in [1.54, 1.807) is 24.3 Å². The molecule has 1 aliphatic rings. The molecule has 0 saturated heterocycles. The van der Waals surface area contributed by atoms with Crippen LogP contribution in [0.2, 0.25) is 0 Å². The summed E-state index contributed by atoms with van der Waals surface area (Å²) in [6, 6.07) is 6.49. The topological polar surface area (TPSA) is 86.8 Å². The first kappa shape index (κ1) is 16.6. The molecule has 2 amide bonds. The van der Waals surface area contributed by atoms with E-state index in [1.807, 2.05) is 19.0 Å². The van der Waals surface area contributed by atoms with Gasteiger partial charge in [0, 0.05) is 19.6 Å². The Labute approximate surface area is 129 Å². The molecular weight excluding hydrogens is 306 g/mol. The molecule has 2 rings (SSSR count). The average Bonchev–Trinajstić information content (AvgIpc) is 2.69. The van der Waals surface area contributed by atoms with Crippen LogP contribution < -0.4 is 4.72 Å². The summed E-state index contributed by atoms with van der Waals surface area (Å²) >= 11 is 0. The highest BCUT2D eigenvalue weighted by molar-refractivity contribution is 7.89. The third-order valence-electron chi connectivity index (χ3n) is 3.34. The van der Waals surface area contributed by atoms with E-state index in [2.05, 4.69) is 4.72 Å². The summed E-state index contributed by atoms with van der Waals surface area (Å²) in [4.78, 5) is 27.1. The Morgan fingerprint density at radius 1 is 1.09 bits per heavy atom. The third kappa shape index (κ3) is 3.70. The van der Waals surface area contributed by atoms with E-state index in [0.717, 1.165) is 4.90 Å². The maximum Gasteiger partial charge on any atom is 0.261 e. The van der Waals surface area contributed by atoms with Gasteiger partial charge in [-0.1, -0.05) is 12.1 Å². The Morgan fingerprint density at radius 2 is 1.64 bits per heavy atom. The van der Waals surface area contributed by atoms with Crippen LogP contribution in [0.3, 0.4) is 0 Å². The van der Waals surface area contributed by atoms with Crippen molar-refractivity contribution in [1.82, 2.24) is 14.5 Å². The van der Waals surface area contributed by atoms with Crippen molar-refractivity contribution in [2.24, 2.45) is 0 Å². The van der Waals surface area contributed by atoms with E-state index in [1.165, 1.54) is 0 Å². The van der Waals surface area contributed by atoms with Gasteiger partial charge in [-0.2, -0.15) is 0 Å². The first-order valence-corrected chi connectivity index (χ1v) is 8.54. The standard InChI is InChI=1S/C14H19N3O4S/c1-16(2)8-7-15-22(20,21)10-9-17-13(18)11-5-3-4-6-12(11)14(17)19/h3-6,15H,7-10H2,1-2H3. The second-order valence-corrected chi connectivity index (χ2v) is 7.25. The van der Waals surface area contributed by atoms with Gasteiger partial charge in [-0.3, -0.25) is 14.5 Å². The monoisotopic (exact) mass is 325 g/mol. The molecule has 1 N–H and O–H groups in total. The number of rotatable bonds is 7. The van der Waals surface area contributed by atoms with Crippen LogP contribution in [0.4, 0.5) is 0 Å². The number of amides is 2. The lowest BCUT2D eigenvalue weighted by atomic mass is 10.1. The minimum Gasteiger partial charge on any atom is -0.308 e. The largest absolute Gasteiger partial charge is 0.308 e. The van der Waals surface area contributed by atoms with Crippen LogP contribution in [-0.4, -0.2) is 69.5 Å². The number of carbonyl (C=O) groups is 2. The fourth-order valence-corrected chi connectivity index (χ4v) is 3.12. The number of nitrogens with zero attached hydrogens (tertiary/aromatic N) is 2. The average molecular weight is 325 g/mol. The zero-order valence-electron chi connectivity index (χ0n) is 12.6. The highest BCUT2D eigenvalue weighted by Gasteiger charge is 2.35. The lowest BCUT2D eigenvalue weighted by Crippen LogP contribution is -2.39. The molecular formula is C14H19N3O4S. The van der Waals surface area contributed by atoms with Gasteiger partial charge in [0.15, 0.2) is 0 Å². The van der Waals surface area contributed by atoms with E-state index in [-0.39, 0.29) is 18.8 Å². The molecule has 8 heteroatoms. The first-order chi connectivity index (χ1) is 10.3. The number of hydrogen-bond donors (Lipinski definition) is 1. The van der Waals surface area contributed by atoms with Gasteiger partial charge in [-0.25, -0.2) is 13.1 Å². The molecule has 7 nitrogen and oxygen atoms in total. The van der Waals surface area contributed by atoms with E-state index >= 15 is 0 Å². The van der Waals surface area contributed by atoms with Crippen LogP contribution in [0.1, 0.15) is 20.7 Å². The van der Waals surface area contributed by atoms with Gasteiger partial charge < -0.3 is 4.90 Å². The van der Waals surface area contributed by atoms with Crippen molar-refractivity contribution in [3.63, 3.8) is 0 Å². The quantitative estimate of drug-likeness (QED) is 0.700. The van der Waals surface area contributed by atoms with Crippen molar-refractivity contribution >= 4 is 21.8 Å². The number of nitrogens with one attached hydrogen (secondary N) is 1. The Morgan fingerprint density at radius 3 is 2.14 bits per heavy atom. The number of fused-ring (bicyclic) bond motifs is 1. The van der Waals surface area contributed by atoms with Crippen LogP contribution in [0.5, 0.6) is 0 Å². The van der Waals surface area contributed by atoms with E-state index < -0.39 is 21.8 Å². The maximum atomic E-state index is 12.1. The molecule has 22 heavy (non-hydrogen) atoms.